The van der Waals surface area contributed by atoms with Gasteiger partial charge in [0.1, 0.15) is 11.9 Å². The maximum atomic E-state index is 13.1. The lowest BCUT2D eigenvalue weighted by Crippen LogP contribution is -2.42. The number of hydrogen-bond acceptors (Lipinski definition) is 4. The van der Waals surface area contributed by atoms with Crippen molar-refractivity contribution < 1.29 is 4.79 Å². The number of nitrogens with zero attached hydrogens (tertiary/aromatic N) is 4. The molecule has 0 unspecified atom stereocenters. The van der Waals surface area contributed by atoms with Gasteiger partial charge in [0.05, 0.1) is 5.56 Å². The average Bonchev–Trinajstić information content (AvgIpc) is 3.20. The number of carbonyl (C=O) groups is 1. The molecule has 2 aromatic rings. The zero-order chi connectivity index (χ0) is 21.0. The van der Waals surface area contributed by atoms with E-state index in [2.05, 4.69) is 58.1 Å². The molecule has 2 fully saturated rings. The summed E-state index contributed by atoms with van der Waals surface area (Å²) in [5, 5.41) is 8.92. The molecule has 5 heteroatoms. The summed E-state index contributed by atoms with van der Waals surface area (Å²) in [7, 11) is 0. The van der Waals surface area contributed by atoms with Gasteiger partial charge < -0.3 is 9.80 Å². The molecule has 0 N–H and O–H groups in total. The monoisotopic (exact) mass is 402 g/mol. The van der Waals surface area contributed by atoms with E-state index in [-0.39, 0.29) is 11.3 Å². The van der Waals surface area contributed by atoms with Crippen LogP contribution in [0.25, 0.3) is 0 Å². The Bertz CT molecular complexity index is 897. The Balaban J connectivity index is 1.27. The molecule has 1 aromatic heterocycles. The van der Waals surface area contributed by atoms with Gasteiger partial charge in [-0.15, -0.1) is 0 Å². The molecule has 30 heavy (non-hydrogen) atoms. The van der Waals surface area contributed by atoms with Gasteiger partial charge in [-0.3, -0.25) is 4.79 Å². The molecule has 1 atom stereocenters. The van der Waals surface area contributed by atoms with Gasteiger partial charge in [-0.1, -0.05) is 37.3 Å². The number of nitriles is 1. The number of amides is 1. The van der Waals surface area contributed by atoms with Crippen LogP contribution in [-0.4, -0.2) is 42.0 Å². The molecule has 4 rings (SSSR count). The topological polar surface area (TPSA) is 60.2 Å². The maximum absolute atomic E-state index is 13.1. The quantitative estimate of drug-likeness (QED) is 0.757. The number of pyridine rings is 1. The molecule has 1 amide bonds. The summed E-state index contributed by atoms with van der Waals surface area (Å²) in [6.45, 7) is 5.79. The highest BCUT2D eigenvalue weighted by molar-refractivity contribution is 5.79. The van der Waals surface area contributed by atoms with Crippen LogP contribution < -0.4 is 4.90 Å². The summed E-state index contributed by atoms with van der Waals surface area (Å²) >= 11 is 0. The molecule has 0 radical (unpaired) electrons. The summed E-state index contributed by atoms with van der Waals surface area (Å²) in [5.41, 5.74) is 2.18. The Morgan fingerprint density at radius 1 is 1.17 bits per heavy atom. The average molecular weight is 403 g/mol. The number of piperidine rings is 1. The minimum Gasteiger partial charge on any atom is -0.357 e. The second-order valence-corrected chi connectivity index (χ2v) is 9.08. The third kappa shape index (κ3) is 4.64. The predicted octanol–water partition coefficient (Wildman–Crippen LogP) is 4.04. The summed E-state index contributed by atoms with van der Waals surface area (Å²) in [4.78, 5) is 21.9. The lowest BCUT2D eigenvalue weighted by molar-refractivity contribution is -0.135. The number of rotatable bonds is 5. The molecule has 0 saturated carbocycles. The Labute approximate surface area is 179 Å². The van der Waals surface area contributed by atoms with E-state index in [4.69, 9.17) is 5.26 Å². The summed E-state index contributed by atoms with van der Waals surface area (Å²) in [6, 6.07) is 16.5. The fraction of sp³-hybridized carbons (Fsp3) is 0.480. The van der Waals surface area contributed by atoms with Crippen LogP contribution in [0, 0.1) is 22.7 Å². The molecular weight excluding hydrogens is 372 g/mol. The maximum Gasteiger partial charge on any atom is 0.225 e. The normalized spacial score (nSPS) is 22.1. The van der Waals surface area contributed by atoms with Crippen LogP contribution in [0.2, 0.25) is 0 Å². The lowest BCUT2D eigenvalue weighted by Gasteiger charge is -2.34. The van der Waals surface area contributed by atoms with Crippen molar-refractivity contribution in [2.75, 3.05) is 31.1 Å². The second kappa shape index (κ2) is 8.87. The van der Waals surface area contributed by atoms with Crippen molar-refractivity contribution in [3.8, 4) is 6.07 Å². The first kappa shape index (κ1) is 20.4. The fourth-order valence-electron chi connectivity index (χ4n) is 4.76. The molecule has 156 valence electrons. The van der Waals surface area contributed by atoms with Crippen LogP contribution in [-0.2, 0) is 11.2 Å². The van der Waals surface area contributed by atoms with Crippen molar-refractivity contribution in [2.24, 2.45) is 11.3 Å². The predicted molar refractivity (Wildman–Crippen MR) is 118 cm³/mol. The van der Waals surface area contributed by atoms with Crippen LogP contribution in [0.4, 0.5) is 5.82 Å². The number of benzene rings is 1. The summed E-state index contributed by atoms with van der Waals surface area (Å²) in [6.07, 6.45) is 6.67. The molecule has 1 aromatic carbocycles. The highest BCUT2D eigenvalue weighted by Crippen LogP contribution is 2.36. The van der Waals surface area contributed by atoms with Crippen molar-refractivity contribution in [3.05, 3.63) is 59.8 Å². The van der Waals surface area contributed by atoms with Crippen LogP contribution in [0.5, 0.6) is 0 Å². The first-order valence-corrected chi connectivity index (χ1v) is 11.0. The molecular formula is C25H30N4O. The van der Waals surface area contributed by atoms with Crippen LogP contribution in [0.3, 0.4) is 0 Å². The van der Waals surface area contributed by atoms with Gasteiger partial charge in [0.2, 0.25) is 5.91 Å². The third-order valence-corrected chi connectivity index (χ3v) is 6.77. The minimum absolute atomic E-state index is 0.121. The second-order valence-electron chi connectivity index (χ2n) is 9.08. The first-order chi connectivity index (χ1) is 14.6. The van der Waals surface area contributed by atoms with Crippen molar-refractivity contribution in [2.45, 2.75) is 39.0 Å². The van der Waals surface area contributed by atoms with Crippen molar-refractivity contribution in [3.63, 3.8) is 0 Å². The highest BCUT2D eigenvalue weighted by atomic mass is 16.2. The van der Waals surface area contributed by atoms with Gasteiger partial charge in [0.15, 0.2) is 0 Å². The van der Waals surface area contributed by atoms with E-state index in [1.54, 1.807) is 12.3 Å². The zero-order valence-corrected chi connectivity index (χ0v) is 17.8. The van der Waals surface area contributed by atoms with Crippen molar-refractivity contribution in [1.29, 1.82) is 5.26 Å². The van der Waals surface area contributed by atoms with Crippen LogP contribution >= 0.6 is 0 Å². The molecule has 2 aliphatic heterocycles. The third-order valence-electron chi connectivity index (χ3n) is 6.77. The number of anilines is 1. The van der Waals surface area contributed by atoms with Crippen LogP contribution in [0.1, 0.15) is 43.7 Å². The van der Waals surface area contributed by atoms with Crippen LogP contribution in [0.15, 0.2) is 48.7 Å². The summed E-state index contributed by atoms with van der Waals surface area (Å²) < 4.78 is 0. The highest BCUT2D eigenvalue weighted by Gasteiger charge is 2.38. The smallest absolute Gasteiger partial charge is 0.225 e. The Morgan fingerprint density at radius 3 is 2.60 bits per heavy atom. The number of aromatic nitrogens is 1. The van der Waals surface area contributed by atoms with E-state index in [0.29, 0.717) is 11.5 Å². The molecule has 2 saturated heterocycles. The molecule has 5 nitrogen and oxygen atoms in total. The Morgan fingerprint density at radius 2 is 1.93 bits per heavy atom. The molecule has 3 heterocycles. The Kier molecular flexibility index (Phi) is 6.03. The van der Waals surface area contributed by atoms with E-state index in [1.807, 2.05) is 6.07 Å². The molecule has 2 aliphatic rings. The molecule has 0 spiro atoms. The van der Waals surface area contributed by atoms with Gasteiger partial charge in [-0.05, 0) is 55.2 Å². The molecule has 0 bridgehead atoms. The van der Waals surface area contributed by atoms with Gasteiger partial charge in [0.25, 0.3) is 0 Å². The van der Waals surface area contributed by atoms with E-state index >= 15 is 0 Å². The van der Waals surface area contributed by atoms with Crippen molar-refractivity contribution in [1.82, 2.24) is 9.88 Å². The van der Waals surface area contributed by atoms with Gasteiger partial charge in [-0.25, -0.2) is 4.98 Å². The number of hydrogen-bond donors (Lipinski definition) is 0. The SMILES string of the molecule is C[C@]1(CCc2ccccc2)CCN(C(=O)C2CCN(c3ccc(C#N)cn3)CC2)C1. The number of likely N-dealkylation sites (tertiary alicyclic amines) is 1. The van der Waals surface area contributed by atoms with E-state index < -0.39 is 0 Å². The zero-order valence-electron chi connectivity index (χ0n) is 17.8. The van der Waals surface area contributed by atoms with E-state index in [1.165, 1.54) is 5.56 Å². The first-order valence-electron chi connectivity index (χ1n) is 11.0. The molecule has 0 aliphatic carbocycles. The summed E-state index contributed by atoms with van der Waals surface area (Å²) in [5.74, 6) is 1.36. The van der Waals surface area contributed by atoms with E-state index in [9.17, 15) is 4.79 Å². The van der Waals surface area contributed by atoms with Gasteiger partial charge >= 0.3 is 0 Å². The van der Waals surface area contributed by atoms with Gasteiger partial charge in [-0.2, -0.15) is 5.26 Å². The van der Waals surface area contributed by atoms with E-state index in [0.717, 1.165) is 64.1 Å². The minimum atomic E-state index is 0.121. The van der Waals surface area contributed by atoms with Crippen molar-refractivity contribution >= 4 is 11.7 Å². The standard InChI is InChI=1S/C25H30N4O/c1-25(12-9-20-5-3-2-4-6-20)13-16-29(19-25)24(30)22-10-14-28(15-11-22)23-8-7-21(17-26)18-27-23/h2-8,18,22H,9-16,19H2,1H3/t25-/m0/s1. The number of aryl methyl sites for hydroxylation is 1. The lowest BCUT2D eigenvalue weighted by atomic mass is 9.83. The largest absolute Gasteiger partial charge is 0.357 e. The van der Waals surface area contributed by atoms with Gasteiger partial charge in [0, 0.05) is 38.3 Å². The number of carbonyl (C=O) groups excluding carboxylic acids is 1. The Hall–Kier alpha value is -2.87. The fourth-order valence-corrected chi connectivity index (χ4v) is 4.76.